The number of aromatic nitrogens is 3. The van der Waals surface area contributed by atoms with Crippen molar-refractivity contribution in [1.29, 1.82) is 0 Å². The van der Waals surface area contributed by atoms with Crippen molar-refractivity contribution in [3.8, 4) is 22.9 Å². The minimum Gasteiger partial charge on any atom is -0.497 e. The highest BCUT2D eigenvalue weighted by atomic mass is 19.4. The van der Waals surface area contributed by atoms with E-state index in [1.807, 2.05) is 24.3 Å². The molecule has 4 rings (SSSR count). The van der Waals surface area contributed by atoms with Crippen molar-refractivity contribution in [3.05, 3.63) is 101 Å². The summed E-state index contributed by atoms with van der Waals surface area (Å²) in [4.78, 5) is 25.6. The number of benzene rings is 2. The molecule has 0 bridgehead atoms. The number of hydrogen-bond acceptors (Lipinski definition) is 6. The van der Waals surface area contributed by atoms with E-state index in [0.29, 0.717) is 23.0 Å². The molecule has 6 nitrogen and oxygen atoms in total. The minimum atomic E-state index is -4.47. The smallest absolute Gasteiger partial charge is 0.416 e. The van der Waals surface area contributed by atoms with Gasteiger partial charge in [-0.3, -0.25) is 9.78 Å². The van der Waals surface area contributed by atoms with E-state index in [2.05, 4.69) is 15.0 Å². The second-order valence-electron chi connectivity index (χ2n) is 7.61. The topological polar surface area (TPSA) is 74.2 Å². The number of ether oxygens (including phenoxy) is 2. The van der Waals surface area contributed by atoms with Crippen molar-refractivity contribution in [2.24, 2.45) is 0 Å². The largest absolute Gasteiger partial charge is 0.497 e. The van der Waals surface area contributed by atoms with Gasteiger partial charge in [0.15, 0.2) is 0 Å². The molecule has 0 spiro atoms. The molecule has 0 fully saturated rings. The number of halogens is 3. The predicted molar refractivity (Wildman–Crippen MR) is 122 cm³/mol. The monoisotopic (exact) mass is 479 g/mol. The SMILES string of the molecule is COc1ccc(COc2cc(-c3ccnc(C(=O)c4ccc(C(F)(F)F)cc4)c3)nc(C)n2)cc1. The van der Waals surface area contributed by atoms with Crippen LogP contribution in [0.15, 0.2) is 72.9 Å². The van der Waals surface area contributed by atoms with Crippen LogP contribution in [-0.4, -0.2) is 27.8 Å². The molecular weight excluding hydrogens is 459 g/mol. The fraction of sp³-hybridized carbons (Fsp3) is 0.154. The summed E-state index contributed by atoms with van der Waals surface area (Å²) >= 11 is 0. The van der Waals surface area contributed by atoms with Crippen LogP contribution in [0.25, 0.3) is 11.3 Å². The molecule has 0 aliphatic carbocycles. The van der Waals surface area contributed by atoms with Crippen molar-refractivity contribution < 1.29 is 27.4 Å². The lowest BCUT2D eigenvalue weighted by molar-refractivity contribution is -0.137. The average molecular weight is 479 g/mol. The van der Waals surface area contributed by atoms with Crippen molar-refractivity contribution in [2.45, 2.75) is 19.7 Å². The zero-order valence-electron chi connectivity index (χ0n) is 18.8. The Morgan fingerprint density at radius 1 is 0.943 bits per heavy atom. The molecular formula is C26H20F3N3O3. The molecule has 2 aromatic heterocycles. The van der Waals surface area contributed by atoms with Crippen molar-refractivity contribution in [2.75, 3.05) is 7.11 Å². The molecule has 0 saturated heterocycles. The lowest BCUT2D eigenvalue weighted by Crippen LogP contribution is -2.08. The highest BCUT2D eigenvalue weighted by molar-refractivity contribution is 6.08. The van der Waals surface area contributed by atoms with Crippen LogP contribution < -0.4 is 9.47 Å². The minimum absolute atomic E-state index is 0.0826. The Morgan fingerprint density at radius 3 is 2.31 bits per heavy atom. The van der Waals surface area contributed by atoms with Crippen molar-refractivity contribution in [1.82, 2.24) is 15.0 Å². The van der Waals surface area contributed by atoms with Gasteiger partial charge in [0.1, 0.15) is 23.9 Å². The molecule has 2 aromatic carbocycles. The zero-order chi connectivity index (χ0) is 25.0. The maximum atomic E-state index is 12.8. The molecule has 0 N–H and O–H groups in total. The van der Waals surface area contributed by atoms with Gasteiger partial charge in [0.25, 0.3) is 0 Å². The number of alkyl halides is 3. The van der Waals surface area contributed by atoms with Gasteiger partial charge in [-0.15, -0.1) is 0 Å². The summed E-state index contributed by atoms with van der Waals surface area (Å²) in [6, 6.07) is 16.3. The molecule has 178 valence electrons. The van der Waals surface area contributed by atoms with Crippen LogP contribution in [0.2, 0.25) is 0 Å². The molecule has 0 unspecified atom stereocenters. The first-order chi connectivity index (χ1) is 16.7. The maximum absolute atomic E-state index is 12.8. The van der Waals surface area contributed by atoms with Gasteiger partial charge in [0.05, 0.1) is 18.4 Å². The molecule has 0 amide bonds. The van der Waals surface area contributed by atoms with Crippen LogP contribution in [0.3, 0.4) is 0 Å². The highest BCUT2D eigenvalue weighted by Crippen LogP contribution is 2.29. The van der Waals surface area contributed by atoms with E-state index >= 15 is 0 Å². The first-order valence-electron chi connectivity index (χ1n) is 10.5. The van der Waals surface area contributed by atoms with Gasteiger partial charge in [-0.2, -0.15) is 18.2 Å². The average Bonchev–Trinajstić information content (AvgIpc) is 2.86. The lowest BCUT2D eigenvalue weighted by Gasteiger charge is -2.10. The number of rotatable bonds is 7. The number of ketones is 1. The van der Waals surface area contributed by atoms with Gasteiger partial charge in [-0.1, -0.05) is 24.3 Å². The first-order valence-corrected chi connectivity index (χ1v) is 10.5. The van der Waals surface area contributed by atoms with E-state index in [1.54, 1.807) is 26.2 Å². The molecule has 4 aromatic rings. The second kappa shape index (κ2) is 9.92. The van der Waals surface area contributed by atoms with Crippen LogP contribution in [0.1, 0.15) is 33.0 Å². The molecule has 0 radical (unpaired) electrons. The van der Waals surface area contributed by atoms with Crippen molar-refractivity contribution in [3.63, 3.8) is 0 Å². The van der Waals surface area contributed by atoms with Gasteiger partial charge < -0.3 is 9.47 Å². The number of nitrogens with zero attached hydrogens (tertiary/aromatic N) is 3. The number of pyridine rings is 1. The summed E-state index contributed by atoms with van der Waals surface area (Å²) < 4.78 is 49.4. The molecule has 0 aliphatic heterocycles. The second-order valence-corrected chi connectivity index (χ2v) is 7.61. The fourth-order valence-electron chi connectivity index (χ4n) is 3.31. The Balaban J connectivity index is 1.54. The summed E-state index contributed by atoms with van der Waals surface area (Å²) in [5.74, 6) is 1.07. The van der Waals surface area contributed by atoms with Gasteiger partial charge in [0, 0.05) is 23.4 Å². The zero-order valence-corrected chi connectivity index (χ0v) is 18.8. The standard InChI is InChI=1S/C26H20F3N3O3/c1-16-31-22(14-24(32-16)35-15-17-3-9-21(34-2)10-4-17)19-11-12-30-23(13-19)25(33)18-5-7-20(8-6-18)26(27,28)29/h3-14H,15H2,1-2H3. The molecule has 0 saturated carbocycles. The number of hydrogen-bond donors (Lipinski definition) is 0. The summed E-state index contributed by atoms with van der Waals surface area (Å²) in [5.41, 5.74) is 1.40. The Bertz CT molecular complexity index is 1340. The van der Waals surface area contributed by atoms with E-state index in [4.69, 9.17) is 9.47 Å². The third kappa shape index (κ3) is 5.81. The van der Waals surface area contributed by atoms with Gasteiger partial charge in [-0.25, -0.2) is 4.98 Å². The highest BCUT2D eigenvalue weighted by Gasteiger charge is 2.30. The van der Waals surface area contributed by atoms with E-state index in [9.17, 15) is 18.0 Å². The van der Waals surface area contributed by atoms with Crippen LogP contribution in [0.4, 0.5) is 13.2 Å². The van der Waals surface area contributed by atoms with Crippen molar-refractivity contribution >= 4 is 5.78 Å². The van der Waals surface area contributed by atoms with Gasteiger partial charge >= 0.3 is 6.18 Å². The number of aryl methyl sites for hydroxylation is 1. The molecule has 2 heterocycles. The van der Waals surface area contributed by atoms with Gasteiger partial charge in [-0.05, 0) is 48.9 Å². The van der Waals surface area contributed by atoms with Crippen LogP contribution in [0.5, 0.6) is 11.6 Å². The third-order valence-corrected chi connectivity index (χ3v) is 5.12. The van der Waals surface area contributed by atoms with E-state index < -0.39 is 17.5 Å². The Morgan fingerprint density at radius 2 is 1.66 bits per heavy atom. The Kier molecular flexibility index (Phi) is 6.77. The number of carbonyl (C=O) groups is 1. The number of methoxy groups -OCH3 is 1. The van der Waals surface area contributed by atoms with E-state index in [0.717, 1.165) is 35.6 Å². The Hall–Kier alpha value is -4.27. The molecule has 9 heteroatoms. The van der Waals surface area contributed by atoms with Gasteiger partial charge in [0.2, 0.25) is 11.7 Å². The predicted octanol–water partition coefficient (Wildman–Crippen LogP) is 5.68. The number of carbonyl (C=O) groups excluding carboxylic acids is 1. The quantitative estimate of drug-likeness (QED) is 0.317. The lowest BCUT2D eigenvalue weighted by atomic mass is 10.0. The summed E-state index contributed by atoms with van der Waals surface area (Å²) in [6.07, 6.45) is -3.03. The summed E-state index contributed by atoms with van der Waals surface area (Å²) in [6.45, 7) is 2.01. The van der Waals surface area contributed by atoms with Crippen LogP contribution in [0, 0.1) is 6.92 Å². The molecule has 0 aliphatic rings. The summed E-state index contributed by atoms with van der Waals surface area (Å²) in [5, 5.41) is 0. The molecule has 0 atom stereocenters. The van der Waals surface area contributed by atoms with Crippen LogP contribution >= 0.6 is 0 Å². The fourth-order valence-corrected chi connectivity index (χ4v) is 3.31. The maximum Gasteiger partial charge on any atom is 0.416 e. The van der Waals surface area contributed by atoms with Crippen LogP contribution in [-0.2, 0) is 12.8 Å². The van der Waals surface area contributed by atoms with E-state index in [-0.39, 0.29) is 17.9 Å². The third-order valence-electron chi connectivity index (χ3n) is 5.12. The normalized spacial score (nSPS) is 11.2. The Labute approximate surface area is 199 Å². The summed E-state index contributed by atoms with van der Waals surface area (Å²) in [7, 11) is 1.60. The van der Waals surface area contributed by atoms with E-state index in [1.165, 1.54) is 12.3 Å². The first kappa shape index (κ1) is 23.9. The molecule has 35 heavy (non-hydrogen) atoms.